The van der Waals surface area contributed by atoms with Crippen molar-refractivity contribution in [2.24, 2.45) is 0 Å². The highest BCUT2D eigenvalue weighted by Gasteiger charge is 2.16. The summed E-state index contributed by atoms with van der Waals surface area (Å²) >= 11 is 6.24. The Bertz CT molecular complexity index is 1130. The fourth-order valence-corrected chi connectivity index (χ4v) is 3.43. The van der Waals surface area contributed by atoms with E-state index in [1.54, 1.807) is 0 Å². The number of nitrogens with zero attached hydrogens (tertiary/aromatic N) is 1. The maximum absolute atomic E-state index is 6.24. The third-order valence-corrected chi connectivity index (χ3v) is 4.76. The van der Waals surface area contributed by atoms with Gasteiger partial charge in [-0.15, -0.1) is 0 Å². The average molecular weight is 360 g/mol. The lowest BCUT2D eigenvalue weighted by Gasteiger charge is -2.11. The highest BCUT2D eigenvalue weighted by molar-refractivity contribution is 6.31. The molecule has 0 aliphatic carbocycles. The number of pyridine rings is 1. The molecule has 3 nitrogen and oxygen atoms in total. The summed E-state index contributed by atoms with van der Waals surface area (Å²) in [5.41, 5.74) is 5.01. The molecule has 0 saturated carbocycles. The van der Waals surface area contributed by atoms with Crippen LogP contribution in [0.15, 0.2) is 72.8 Å². The first kappa shape index (κ1) is 15.2. The molecular weight excluding hydrogens is 346 g/mol. The second-order valence-electron chi connectivity index (χ2n) is 6.15. The molecular formula is C22H14ClNO2. The summed E-state index contributed by atoms with van der Waals surface area (Å²) in [5, 5.41) is 1.74. The molecule has 1 aliphatic rings. The second kappa shape index (κ2) is 6.04. The van der Waals surface area contributed by atoms with Gasteiger partial charge >= 0.3 is 0 Å². The minimum atomic E-state index is 0.262. The van der Waals surface area contributed by atoms with Gasteiger partial charge in [0.1, 0.15) is 0 Å². The van der Waals surface area contributed by atoms with Crippen LogP contribution in [0.25, 0.3) is 33.3 Å². The van der Waals surface area contributed by atoms with Crippen molar-refractivity contribution >= 4 is 22.5 Å². The van der Waals surface area contributed by atoms with Gasteiger partial charge in [-0.2, -0.15) is 0 Å². The van der Waals surface area contributed by atoms with E-state index in [9.17, 15) is 0 Å². The van der Waals surface area contributed by atoms with Gasteiger partial charge in [-0.3, -0.25) is 0 Å². The van der Waals surface area contributed by atoms with Crippen LogP contribution in [0.1, 0.15) is 0 Å². The summed E-state index contributed by atoms with van der Waals surface area (Å²) in [5.74, 6) is 1.52. The lowest BCUT2D eigenvalue weighted by molar-refractivity contribution is 0.174. The summed E-state index contributed by atoms with van der Waals surface area (Å²) in [6.45, 7) is 0.262. The van der Waals surface area contributed by atoms with E-state index in [-0.39, 0.29) is 6.79 Å². The molecule has 0 bridgehead atoms. The minimum absolute atomic E-state index is 0.262. The van der Waals surface area contributed by atoms with Crippen LogP contribution < -0.4 is 9.47 Å². The van der Waals surface area contributed by atoms with E-state index < -0.39 is 0 Å². The molecule has 4 heteroatoms. The molecule has 0 radical (unpaired) electrons. The summed E-state index contributed by atoms with van der Waals surface area (Å²) < 4.78 is 10.9. The smallest absolute Gasteiger partial charge is 0.231 e. The van der Waals surface area contributed by atoms with E-state index >= 15 is 0 Å². The highest BCUT2D eigenvalue weighted by atomic mass is 35.5. The Balaban J connectivity index is 1.76. The van der Waals surface area contributed by atoms with Crippen molar-refractivity contribution < 1.29 is 9.47 Å². The maximum Gasteiger partial charge on any atom is 0.231 e. The van der Waals surface area contributed by atoms with Crippen LogP contribution in [0.5, 0.6) is 11.5 Å². The summed E-state index contributed by atoms with van der Waals surface area (Å²) in [4.78, 5) is 4.84. The molecule has 0 spiro atoms. The predicted octanol–water partition coefficient (Wildman–Crippen LogP) is 5.95. The number of rotatable bonds is 2. The van der Waals surface area contributed by atoms with Gasteiger partial charge in [0.2, 0.25) is 6.79 Å². The second-order valence-corrected chi connectivity index (χ2v) is 6.59. The molecule has 1 aliphatic heterocycles. The Morgan fingerprint density at radius 2 is 1.62 bits per heavy atom. The number of aromatic nitrogens is 1. The van der Waals surface area contributed by atoms with Crippen LogP contribution in [0.2, 0.25) is 5.02 Å². The molecule has 26 heavy (non-hydrogen) atoms. The number of ether oxygens (including phenoxy) is 2. The molecule has 5 rings (SSSR count). The Morgan fingerprint density at radius 1 is 0.769 bits per heavy atom. The summed E-state index contributed by atoms with van der Waals surface area (Å²) in [6.07, 6.45) is 0. The number of fused-ring (bicyclic) bond motifs is 2. The molecule has 0 atom stereocenters. The predicted molar refractivity (Wildman–Crippen MR) is 104 cm³/mol. The van der Waals surface area contributed by atoms with E-state index in [4.69, 9.17) is 26.1 Å². The first-order valence-corrected chi connectivity index (χ1v) is 8.71. The molecule has 1 aromatic heterocycles. The average Bonchev–Trinajstić information content (AvgIpc) is 3.15. The monoisotopic (exact) mass is 359 g/mol. The third-order valence-electron chi connectivity index (χ3n) is 4.52. The van der Waals surface area contributed by atoms with E-state index in [1.165, 1.54) is 0 Å². The van der Waals surface area contributed by atoms with Crippen molar-refractivity contribution in [1.82, 2.24) is 4.98 Å². The zero-order valence-corrected chi connectivity index (χ0v) is 14.5. The Hall–Kier alpha value is -3.04. The van der Waals surface area contributed by atoms with Crippen molar-refractivity contribution in [2.45, 2.75) is 0 Å². The lowest BCUT2D eigenvalue weighted by Crippen LogP contribution is -1.93. The van der Waals surface area contributed by atoms with E-state index in [2.05, 4.69) is 18.2 Å². The zero-order chi connectivity index (χ0) is 17.5. The normalized spacial score (nSPS) is 12.5. The van der Waals surface area contributed by atoms with E-state index in [0.717, 1.165) is 44.8 Å². The van der Waals surface area contributed by atoms with E-state index in [0.29, 0.717) is 5.02 Å². The molecule has 0 N–H and O–H groups in total. The van der Waals surface area contributed by atoms with Crippen LogP contribution in [-0.2, 0) is 0 Å². The van der Waals surface area contributed by atoms with Crippen LogP contribution in [-0.4, -0.2) is 11.8 Å². The van der Waals surface area contributed by atoms with Gasteiger partial charge in [0.25, 0.3) is 0 Å². The van der Waals surface area contributed by atoms with Gasteiger partial charge in [-0.1, -0.05) is 41.9 Å². The van der Waals surface area contributed by atoms with Crippen LogP contribution in [0.4, 0.5) is 0 Å². The molecule has 126 valence electrons. The number of hydrogen-bond acceptors (Lipinski definition) is 3. The Kier molecular flexibility index (Phi) is 3.54. The van der Waals surface area contributed by atoms with Gasteiger partial charge in [0, 0.05) is 16.0 Å². The van der Waals surface area contributed by atoms with Gasteiger partial charge in [0.05, 0.1) is 11.2 Å². The summed E-state index contributed by atoms with van der Waals surface area (Å²) in [7, 11) is 0. The first-order chi connectivity index (χ1) is 12.8. The zero-order valence-electron chi connectivity index (χ0n) is 13.8. The number of benzene rings is 3. The Labute approximate surface area is 155 Å². The lowest BCUT2D eigenvalue weighted by atomic mass is 9.98. The van der Waals surface area contributed by atoms with Gasteiger partial charge in [-0.25, -0.2) is 4.98 Å². The van der Waals surface area contributed by atoms with Crippen LogP contribution in [0.3, 0.4) is 0 Å². The van der Waals surface area contributed by atoms with Crippen molar-refractivity contribution in [3.63, 3.8) is 0 Å². The summed E-state index contributed by atoms with van der Waals surface area (Å²) in [6, 6.07) is 24.1. The van der Waals surface area contributed by atoms with Crippen molar-refractivity contribution in [3.05, 3.63) is 77.8 Å². The molecule has 3 aromatic carbocycles. The fraction of sp³-hybridized carbons (Fsp3) is 0.0455. The fourth-order valence-electron chi connectivity index (χ4n) is 3.26. The molecule has 2 heterocycles. The molecule has 0 saturated heterocycles. The molecule has 0 amide bonds. The molecule has 0 fully saturated rings. The van der Waals surface area contributed by atoms with Crippen LogP contribution >= 0.6 is 11.6 Å². The topological polar surface area (TPSA) is 31.4 Å². The largest absolute Gasteiger partial charge is 0.454 e. The molecule has 0 unspecified atom stereocenters. The maximum atomic E-state index is 6.24. The number of hydrogen-bond donors (Lipinski definition) is 0. The van der Waals surface area contributed by atoms with Crippen molar-refractivity contribution in [2.75, 3.05) is 6.79 Å². The van der Waals surface area contributed by atoms with Gasteiger partial charge < -0.3 is 9.47 Å². The highest BCUT2D eigenvalue weighted by Crippen LogP contribution is 2.38. The van der Waals surface area contributed by atoms with Crippen LogP contribution in [0, 0.1) is 0 Å². The SMILES string of the molecule is Clc1ccc2nc(-c3ccc4c(c3)OCO4)cc(-c3ccccc3)c2c1. The van der Waals surface area contributed by atoms with Gasteiger partial charge in [-0.05, 0) is 53.6 Å². The Morgan fingerprint density at radius 3 is 2.50 bits per heavy atom. The first-order valence-electron chi connectivity index (χ1n) is 8.34. The minimum Gasteiger partial charge on any atom is -0.454 e. The number of halogens is 1. The standard InChI is InChI=1S/C22H14ClNO2/c23-16-7-8-19-18(11-16)17(14-4-2-1-3-5-14)12-20(24-19)15-6-9-21-22(10-15)26-13-25-21/h1-12H,13H2. The third kappa shape index (κ3) is 2.57. The van der Waals surface area contributed by atoms with E-state index in [1.807, 2.05) is 54.6 Å². The quantitative estimate of drug-likeness (QED) is 0.443. The van der Waals surface area contributed by atoms with Crippen molar-refractivity contribution in [1.29, 1.82) is 0 Å². The van der Waals surface area contributed by atoms with Gasteiger partial charge in [0.15, 0.2) is 11.5 Å². The van der Waals surface area contributed by atoms with Crippen molar-refractivity contribution in [3.8, 4) is 33.9 Å². The molecule has 4 aromatic rings.